The molecule has 2 aromatic rings. The monoisotopic (exact) mass is 443 g/mol. The van der Waals surface area contributed by atoms with Gasteiger partial charge >= 0.3 is 5.97 Å². The average molecular weight is 444 g/mol. The van der Waals surface area contributed by atoms with Gasteiger partial charge in [0.05, 0.1) is 24.0 Å². The summed E-state index contributed by atoms with van der Waals surface area (Å²) in [7, 11) is 1.71. The lowest BCUT2D eigenvalue weighted by Crippen LogP contribution is -2.38. The molecule has 0 unspecified atom stereocenters. The van der Waals surface area contributed by atoms with Gasteiger partial charge in [0.25, 0.3) is 0 Å². The lowest BCUT2D eigenvalue weighted by molar-refractivity contribution is 0.0519. The third-order valence-electron chi connectivity index (χ3n) is 5.44. The highest BCUT2D eigenvalue weighted by atomic mass is 19.1. The summed E-state index contributed by atoms with van der Waals surface area (Å²) < 4.78 is 24.4. The molecule has 0 atom stereocenters. The minimum absolute atomic E-state index is 0.0877. The first-order chi connectivity index (χ1) is 15.3. The molecule has 9 heteroatoms. The number of carbonyl (C=O) groups is 1. The molecule has 2 aromatic heterocycles. The van der Waals surface area contributed by atoms with E-state index in [0.29, 0.717) is 35.9 Å². The largest absolute Gasteiger partial charge is 0.461 e. The summed E-state index contributed by atoms with van der Waals surface area (Å²) in [6.07, 6.45) is 3.19. The number of hydrogen-bond donors (Lipinski definition) is 2. The molecule has 1 aliphatic rings. The Kier molecular flexibility index (Phi) is 7.74. The van der Waals surface area contributed by atoms with E-state index in [2.05, 4.69) is 20.2 Å². The number of anilines is 3. The molecule has 1 fully saturated rings. The number of nitrogens with one attached hydrogen (secondary N) is 2. The first kappa shape index (κ1) is 23.6. The van der Waals surface area contributed by atoms with Crippen LogP contribution in [0.25, 0.3) is 0 Å². The fraction of sp³-hybridized carbons (Fsp3) is 0.478. The summed E-state index contributed by atoms with van der Waals surface area (Å²) in [6, 6.07) is 4.54. The van der Waals surface area contributed by atoms with Crippen molar-refractivity contribution < 1.29 is 18.7 Å². The van der Waals surface area contributed by atoms with Crippen LogP contribution in [0.1, 0.15) is 49.7 Å². The van der Waals surface area contributed by atoms with Gasteiger partial charge in [0.15, 0.2) is 5.69 Å². The summed E-state index contributed by atoms with van der Waals surface area (Å²) in [5, 5.41) is 11.9. The van der Waals surface area contributed by atoms with Crippen molar-refractivity contribution >= 4 is 28.9 Å². The van der Waals surface area contributed by atoms with Gasteiger partial charge in [0.2, 0.25) is 5.95 Å². The van der Waals surface area contributed by atoms with Crippen LogP contribution < -0.4 is 10.2 Å². The van der Waals surface area contributed by atoms with Crippen molar-refractivity contribution in [2.45, 2.75) is 39.7 Å². The second-order valence-corrected chi connectivity index (χ2v) is 7.95. The fourth-order valence-corrected chi connectivity index (χ4v) is 3.68. The smallest absolute Gasteiger partial charge is 0.357 e. The zero-order valence-electron chi connectivity index (χ0n) is 18.9. The van der Waals surface area contributed by atoms with E-state index in [1.54, 1.807) is 26.2 Å². The third kappa shape index (κ3) is 5.40. The molecule has 0 bridgehead atoms. The number of methoxy groups -OCH3 is 1. The molecule has 8 nitrogen and oxygen atoms in total. The van der Waals surface area contributed by atoms with Crippen LogP contribution in [-0.4, -0.2) is 54.6 Å². The Morgan fingerprint density at radius 3 is 2.66 bits per heavy atom. The van der Waals surface area contributed by atoms with E-state index >= 15 is 0 Å². The number of esters is 1. The first-order valence-electron chi connectivity index (χ1n) is 10.8. The van der Waals surface area contributed by atoms with Crippen LogP contribution in [0.5, 0.6) is 0 Å². The Balaban J connectivity index is 2.14. The maximum atomic E-state index is 13.7. The Morgan fingerprint density at radius 1 is 1.34 bits per heavy atom. The summed E-state index contributed by atoms with van der Waals surface area (Å²) in [4.78, 5) is 22.8. The predicted molar refractivity (Wildman–Crippen MR) is 122 cm³/mol. The topological polar surface area (TPSA) is 100 Å². The molecule has 0 saturated carbocycles. The Hall–Kier alpha value is -3.07. The van der Waals surface area contributed by atoms with Crippen LogP contribution in [0.4, 0.5) is 21.6 Å². The number of aromatic nitrogens is 2. The molecule has 0 radical (unpaired) electrons. The second-order valence-electron chi connectivity index (χ2n) is 7.95. The van der Waals surface area contributed by atoms with Gasteiger partial charge in [0.1, 0.15) is 5.82 Å². The number of piperidine rings is 1. The van der Waals surface area contributed by atoms with Crippen LogP contribution >= 0.6 is 0 Å². The maximum absolute atomic E-state index is 13.7. The van der Waals surface area contributed by atoms with Crippen LogP contribution in [0.15, 0.2) is 24.4 Å². The molecule has 32 heavy (non-hydrogen) atoms. The summed E-state index contributed by atoms with van der Waals surface area (Å²) in [5.74, 6) is -0.968. The highest BCUT2D eigenvalue weighted by Gasteiger charge is 2.28. The van der Waals surface area contributed by atoms with Crippen LogP contribution in [-0.2, 0) is 9.47 Å². The van der Waals surface area contributed by atoms with Crippen molar-refractivity contribution in [1.82, 2.24) is 9.97 Å². The number of rotatable bonds is 8. The Morgan fingerprint density at radius 2 is 2.06 bits per heavy atom. The van der Waals surface area contributed by atoms with E-state index in [1.165, 1.54) is 12.3 Å². The number of nitrogens with zero attached hydrogens (tertiary/aromatic N) is 3. The standard InChI is InChI=1S/C23H30FN5O3/c1-5-32-23(30)17-13-18(29-10-7-16(31-4)8-11-29)20(21(25)14(2)3)22(28-17)27-15-6-9-26-19(24)12-15/h6,9,12-14,16,25H,5,7-8,10-11H2,1-4H3,(H,26,27,28). The molecule has 1 saturated heterocycles. The molecule has 0 spiro atoms. The minimum Gasteiger partial charge on any atom is -0.461 e. The maximum Gasteiger partial charge on any atom is 0.357 e. The van der Waals surface area contributed by atoms with Crippen molar-refractivity contribution in [2.24, 2.45) is 5.92 Å². The zero-order valence-corrected chi connectivity index (χ0v) is 18.9. The van der Waals surface area contributed by atoms with E-state index in [4.69, 9.17) is 14.9 Å². The number of carbonyl (C=O) groups excluding carboxylic acids is 1. The molecule has 0 aromatic carbocycles. The molecule has 3 heterocycles. The molecule has 172 valence electrons. The highest BCUT2D eigenvalue weighted by Crippen LogP contribution is 2.34. The number of pyridine rings is 2. The van der Waals surface area contributed by atoms with Crippen molar-refractivity contribution in [2.75, 3.05) is 37.0 Å². The SMILES string of the molecule is CCOC(=O)c1cc(N2CCC(OC)CC2)c(C(=N)C(C)C)c(Nc2ccnc(F)c2)n1. The third-order valence-corrected chi connectivity index (χ3v) is 5.44. The average Bonchev–Trinajstić information content (AvgIpc) is 2.78. The van der Waals surface area contributed by atoms with Gasteiger partial charge in [-0.15, -0.1) is 0 Å². The number of hydrogen-bond acceptors (Lipinski definition) is 8. The van der Waals surface area contributed by atoms with Gasteiger partial charge in [-0.2, -0.15) is 4.39 Å². The summed E-state index contributed by atoms with van der Waals surface area (Å²) in [6.45, 7) is 7.24. The highest BCUT2D eigenvalue weighted by molar-refractivity contribution is 6.09. The molecular weight excluding hydrogens is 413 g/mol. The van der Waals surface area contributed by atoms with Crippen molar-refractivity contribution in [1.29, 1.82) is 5.41 Å². The molecule has 0 amide bonds. The van der Waals surface area contributed by atoms with Gasteiger partial charge in [-0.3, -0.25) is 0 Å². The quantitative estimate of drug-likeness (QED) is 0.359. The number of halogens is 1. The molecule has 0 aliphatic carbocycles. The van der Waals surface area contributed by atoms with Gasteiger partial charge in [0, 0.05) is 43.9 Å². The van der Waals surface area contributed by atoms with Crippen LogP contribution in [0.3, 0.4) is 0 Å². The minimum atomic E-state index is -0.640. The summed E-state index contributed by atoms with van der Waals surface area (Å²) >= 11 is 0. The van der Waals surface area contributed by atoms with Gasteiger partial charge in [-0.25, -0.2) is 14.8 Å². The van der Waals surface area contributed by atoms with Crippen molar-refractivity contribution in [3.05, 3.63) is 41.6 Å². The first-order valence-corrected chi connectivity index (χ1v) is 10.8. The lowest BCUT2D eigenvalue weighted by atomic mass is 9.96. The van der Waals surface area contributed by atoms with E-state index in [-0.39, 0.29) is 24.3 Å². The van der Waals surface area contributed by atoms with E-state index in [1.807, 2.05) is 13.8 Å². The van der Waals surface area contributed by atoms with Gasteiger partial charge < -0.3 is 25.1 Å². The Bertz CT molecular complexity index is 974. The van der Waals surface area contributed by atoms with Crippen LogP contribution in [0.2, 0.25) is 0 Å². The molecule has 3 rings (SSSR count). The molecular formula is C23H30FN5O3. The van der Waals surface area contributed by atoms with Gasteiger partial charge in [-0.05, 0) is 37.8 Å². The van der Waals surface area contributed by atoms with E-state index < -0.39 is 11.9 Å². The molecule has 1 aliphatic heterocycles. The zero-order chi connectivity index (χ0) is 23.3. The lowest BCUT2D eigenvalue weighted by Gasteiger charge is -2.35. The van der Waals surface area contributed by atoms with E-state index in [0.717, 1.165) is 18.5 Å². The molecule has 2 N–H and O–H groups in total. The van der Waals surface area contributed by atoms with Crippen molar-refractivity contribution in [3.63, 3.8) is 0 Å². The predicted octanol–water partition coefficient (Wildman–Crippen LogP) is 4.18. The second kappa shape index (κ2) is 10.5. The Labute approximate surface area is 187 Å². The van der Waals surface area contributed by atoms with Crippen LogP contribution in [0, 0.1) is 17.3 Å². The van der Waals surface area contributed by atoms with Gasteiger partial charge in [-0.1, -0.05) is 13.8 Å². The normalized spacial score (nSPS) is 14.5. The van der Waals surface area contributed by atoms with Crippen molar-refractivity contribution in [3.8, 4) is 0 Å². The van der Waals surface area contributed by atoms with E-state index in [9.17, 15) is 9.18 Å². The number of ether oxygens (including phenoxy) is 2. The fourth-order valence-electron chi connectivity index (χ4n) is 3.68. The summed E-state index contributed by atoms with van der Waals surface area (Å²) in [5.41, 5.74) is 2.24.